The molecule has 0 saturated heterocycles. The Balaban J connectivity index is 1.68. The molecule has 3 heterocycles. The molecule has 0 radical (unpaired) electrons. The number of imidazole rings is 2. The van der Waals surface area contributed by atoms with Crippen molar-refractivity contribution < 1.29 is 5.21 Å². The molecule has 0 amide bonds. The Hall–Kier alpha value is -2.48. The SMILES string of the molecule is CCn1c(Cc2ccc(Cl)cc2Cl)cn(Cc2nc3ccc(Cl)n(O)c-3n2)c1=O. The zero-order valence-corrected chi connectivity index (χ0v) is 17.6. The van der Waals surface area contributed by atoms with Crippen molar-refractivity contribution in [1.82, 2.24) is 23.8 Å². The maximum absolute atomic E-state index is 12.8. The summed E-state index contributed by atoms with van der Waals surface area (Å²) in [5.41, 5.74) is 2.01. The molecule has 4 rings (SSSR count). The van der Waals surface area contributed by atoms with E-state index >= 15 is 0 Å². The van der Waals surface area contributed by atoms with E-state index in [0.29, 0.717) is 34.5 Å². The van der Waals surface area contributed by atoms with Crippen molar-refractivity contribution in [3.63, 3.8) is 0 Å². The van der Waals surface area contributed by atoms with E-state index in [1.807, 2.05) is 13.0 Å². The fourth-order valence-electron chi connectivity index (χ4n) is 3.24. The van der Waals surface area contributed by atoms with E-state index in [-0.39, 0.29) is 23.2 Å². The maximum Gasteiger partial charge on any atom is 0.328 e. The minimum Gasteiger partial charge on any atom is -0.425 e. The summed E-state index contributed by atoms with van der Waals surface area (Å²) in [4.78, 5) is 21.5. The first-order valence-electron chi connectivity index (χ1n) is 8.83. The molecule has 0 fully saturated rings. The number of fused-ring (bicyclic) bond motifs is 1. The van der Waals surface area contributed by atoms with Crippen LogP contribution in [0.25, 0.3) is 11.5 Å². The highest BCUT2D eigenvalue weighted by molar-refractivity contribution is 6.35. The van der Waals surface area contributed by atoms with Crippen LogP contribution in [0.5, 0.6) is 0 Å². The van der Waals surface area contributed by atoms with Crippen molar-refractivity contribution >= 4 is 34.8 Å². The van der Waals surface area contributed by atoms with Crippen LogP contribution in [0.2, 0.25) is 15.2 Å². The molecule has 0 saturated carbocycles. The number of aromatic nitrogens is 5. The molecule has 2 aliphatic heterocycles. The van der Waals surface area contributed by atoms with Crippen LogP contribution >= 0.6 is 34.8 Å². The molecule has 0 unspecified atom stereocenters. The van der Waals surface area contributed by atoms with Crippen LogP contribution in [0, 0.1) is 0 Å². The maximum atomic E-state index is 12.8. The van der Waals surface area contributed by atoms with Gasteiger partial charge >= 0.3 is 5.69 Å². The highest BCUT2D eigenvalue weighted by atomic mass is 35.5. The van der Waals surface area contributed by atoms with Gasteiger partial charge in [0, 0.05) is 34.9 Å². The molecule has 0 bridgehead atoms. The predicted octanol–water partition coefficient (Wildman–Crippen LogP) is 4.20. The van der Waals surface area contributed by atoms with Crippen molar-refractivity contribution in [2.24, 2.45) is 0 Å². The van der Waals surface area contributed by atoms with Crippen molar-refractivity contribution in [3.05, 3.63) is 79.3 Å². The average Bonchev–Trinajstić information content (AvgIpc) is 3.22. The van der Waals surface area contributed by atoms with Gasteiger partial charge in [0.15, 0.2) is 11.6 Å². The normalized spacial score (nSPS) is 11.4. The van der Waals surface area contributed by atoms with E-state index in [1.165, 1.54) is 6.07 Å². The second-order valence-corrected chi connectivity index (χ2v) is 7.74. The number of pyridine rings is 1. The largest absolute Gasteiger partial charge is 0.425 e. The Bertz CT molecular complexity index is 1230. The average molecular weight is 453 g/mol. The van der Waals surface area contributed by atoms with E-state index in [2.05, 4.69) is 9.97 Å². The topological polar surface area (TPSA) is 77.9 Å². The molecule has 1 N–H and O–H groups in total. The van der Waals surface area contributed by atoms with Crippen molar-refractivity contribution in [1.29, 1.82) is 0 Å². The van der Waals surface area contributed by atoms with Gasteiger partial charge in [-0.1, -0.05) is 40.9 Å². The third kappa shape index (κ3) is 3.73. The first-order valence-corrected chi connectivity index (χ1v) is 9.96. The van der Waals surface area contributed by atoms with Crippen molar-refractivity contribution in [2.75, 3.05) is 0 Å². The van der Waals surface area contributed by atoms with E-state index < -0.39 is 0 Å². The zero-order chi connectivity index (χ0) is 20.7. The van der Waals surface area contributed by atoms with Gasteiger partial charge in [0.1, 0.15) is 10.8 Å². The molecule has 7 nitrogen and oxygen atoms in total. The molecule has 150 valence electrons. The smallest absolute Gasteiger partial charge is 0.328 e. The Labute approximate surface area is 181 Å². The van der Waals surface area contributed by atoms with Gasteiger partial charge in [-0.15, -0.1) is 0 Å². The van der Waals surface area contributed by atoms with Gasteiger partial charge in [-0.2, -0.15) is 4.73 Å². The fourth-order valence-corrected chi connectivity index (χ4v) is 3.86. The summed E-state index contributed by atoms with van der Waals surface area (Å²) in [6.07, 6.45) is 2.26. The quantitative estimate of drug-likeness (QED) is 0.363. The molecule has 1 aromatic heterocycles. The van der Waals surface area contributed by atoms with E-state index in [4.69, 9.17) is 34.8 Å². The molecule has 1 aromatic carbocycles. The monoisotopic (exact) mass is 451 g/mol. The van der Waals surface area contributed by atoms with Crippen LogP contribution in [0.3, 0.4) is 0 Å². The minimum absolute atomic E-state index is 0.125. The standard InChI is InChI=1S/C19H16Cl3N5O2/c1-2-26-13(7-11-3-4-12(20)8-14(11)21)9-25(19(26)28)10-17-23-15-5-6-16(22)27(29)18(15)24-17/h3-6,8-9,29H,2,7,10H2,1H3. The van der Waals surface area contributed by atoms with Crippen LogP contribution in [-0.4, -0.2) is 29.0 Å². The lowest BCUT2D eigenvalue weighted by Crippen LogP contribution is -2.25. The Morgan fingerprint density at radius 3 is 2.62 bits per heavy atom. The third-order valence-corrected chi connectivity index (χ3v) is 5.51. The van der Waals surface area contributed by atoms with Gasteiger partial charge in [0.2, 0.25) is 0 Å². The first kappa shape index (κ1) is 19.8. The zero-order valence-electron chi connectivity index (χ0n) is 15.3. The van der Waals surface area contributed by atoms with E-state index in [1.54, 1.807) is 33.5 Å². The van der Waals surface area contributed by atoms with Crippen LogP contribution in [-0.2, 0) is 19.5 Å². The summed E-state index contributed by atoms with van der Waals surface area (Å²) >= 11 is 18.1. The predicted molar refractivity (Wildman–Crippen MR) is 112 cm³/mol. The number of hydrogen-bond donors (Lipinski definition) is 1. The molecule has 29 heavy (non-hydrogen) atoms. The van der Waals surface area contributed by atoms with Crippen LogP contribution < -0.4 is 5.69 Å². The molecular weight excluding hydrogens is 437 g/mol. The van der Waals surface area contributed by atoms with Crippen LogP contribution in [0.1, 0.15) is 24.0 Å². The lowest BCUT2D eigenvalue weighted by atomic mass is 10.1. The molecule has 2 aliphatic rings. The van der Waals surface area contributed by atoms with Crippen molar-refractivity contribution in [2.45, 2.75) is 26.4 Å². The molecule has 0 spiro atoms. The summed E-state index contributed by atoms with van der Waals surface area (Å²) in [7, 11) is 0. The number of halogens is 3. The minimum atomic E-state index is -0.170. The summed E-state index contributed by atoms with van der Waals surface area (Å²) in [6, 6.07) is 8.49. The van der Waals surface area contributed by atoms with Gasteiger partial charge in [-0.25, -0.2) is 14.8 Å². The summed E-state index contributed by atoms with van der Waals surface area (Å²) in [5, 5.41) is 11.2. The molecule has 0 atom stereocenters. The van der Waals surface area contributed by atoms with Gasteiger partial charge in [-0.05, 0) is 36.8 Å². The lowest BCUT2D eigenvalue weighted by molar-refractivity contribution is 0.187. The second-order valence-electron chi connectivity index (χ2n) is 6.50. The third-order valence-electron chi connectivity index (χ3n) is 4.64. The highest BCUT2D eigenvalue weighted by Crippen LogP contribution is 2.24. The summed E-state index contributed by atoms with van der Waals surface area (Å²) in [5.74, 6) is 0.639. The summed E-state index contributed by atoms with van der Waals surface area (Å²) in [6.45, 7) is 2.59. The van der Waals surface area contributed by atoms with Crippen LogP contribution in [0.15, 0.2) is 41.3 Å². The Kier molecular flexibility index (Phi) is 5.29. The fraction of sp³-hybridized carbons (Fsp3) is 0.211. The Morgan fingerprint density at radius 2 is 1.90 bits per heavy atom. The van der Waals surface area contributed by atoms with Gasteiger partial charge in [-0.3, -0.25) is 9.13 Å². The van der Waals surface area contributed by atoms with Gasteiger partial charge < -0.3 is 5.21 Å². The number of nitrogens with zero attached hydrogens (tertiary/aromatic N) is 5. The highest BCUT2D eigenvalue weighted by Gasteiger charge is 2.18. The van der Waals surface area contributed by atoms with Gasteiger partial charge in [0.05, 0.1) is 6.54 Å². The molecule has 0 aliphatic carbocycles. The van der Waals surface area contributed by atoms with Gasteiger partial charge in [0.25, 0.3) is 0 Å². The number of rotatable bonds is 5. The van der Waals surface area contributed by atoms with Crippen molar-refractivity contribution in [3.8, 4) is 11.5 Å². The van der Waals surface area contributed by atoms with E-state index in [9.17, 15) is 10.0 Å². The first-order chi connectivity index (χ1) is 13.9. The lowest BCUT2D eigenvalue weighted by Gasteiger charge is -2.06. The van der Waals surface area contributed by atoms with Crippen LogP contribution in [0.4, 0.5) is 0 Å². The van der Waals surface area contributed by atoms with E-state index in [0.717, 1.165) is 16.0 Å². The summed E-state index contributed by atoms with van der Waals surface area (Å²) < 4.78 is 3.98. The molecule has 10 heteroatoms. The molecule has 2 aromatic rings. The number of benzene rings is 1. The number of hydrogen-bond acceptors (Lipinski definition) is 4. The second kappa shape index (κ2) is 7.74. The Morgan fingerprint density at radius 1 is 1.10 bits per heavy atom. The molecular formula is C19H16Cl3N5O2.